The number of Topliss-reactive ketones (excluding diaryl/α,β-unsaturated/α-hetero) is 1. The van der Waals surface area contributed by atoms with Crippen LogP contribution >= 0.6 is 11.6 Å². The highest BCUT2D eigenvalue weighted by Crippen LogP contribution is 2.31. The maximum Gasteiger partial charge on any atom is 0.231 e. The first-order chi connectivity index (χ1) is 8.52. The molecule has 0 fully saturated rings. The van der Waals surface area contributed by atoms with E-state index in [2.05, 4.69) is 0 Å². The monoisotopic (exact) mass is 265 g/mol. The number of anilines is 1. The molecule has 0 radical (unpaired) electrons. The molecule has 0 saturated carbocycles. The van der Waals surface area contributed by atoms with Crippen LogP contribution in [-0.4, -0.2) is 18.2 Å². The first-order valence-electron chi connectivity index (χ1n) is 6.14. The molecule has 0 aromatic heterocycles. The number of nitrogens with zero attached hydrogens (tertiary/aromatic N) is 1. The Morgan fingerprint density at radius 1 is 1.50 bits per heavy atom. The minimum absolute atomic E-state index is 0.0129. The Balaban J connectivity index is 2.22. The predicted molar refractivity (Wildman–Crippen MR) is 72.0 cm³/mol. The lowest BCUT2D eigenvalue weighted by Gasteiger charge is -2.18. The molecule has 96 valence electrons. The molecule has 1 atom stereocenters. The van der Waals surface area contributed by atoms with Gasteiger partial charge in [-0.05, 0) is 24.1 Å². The highest BCUT2D eigenvalue weighted by molar-refractivity contribution is 6.31. The van der Waals surface area contributed by atoms with Crippen LogP contribution in [-0.2, 0) is 16.0 Å². The van der Waals surface area contributed by atoms with E-state index >= 15 is 0 Å². The van der Waals surface area contributed by atoms with Gasteiger partial charge in [0, 0.05) is 16.6 Å². The average molecular weight is 266 g/mol. The zero-order valence-electron chi connectivity index (χ0n) is 10.6. The van der Waals surface area contributed by atoms with E-state index in [0.717, 1.165) is 17.7 Å². The Morgan fingerprint density at radius 3 is 2.89 bits per heavy atom. The number of hydrogen-bond donors (Lipinski definition) is 0. The predicted octanol–water partition coefficient (Wildman–Crippen LogP) is 2.84. The molecule has 4 heteroatoms. The van der Waals surface area contributed by atoms with E-state index in [0.29, 0.717) is 11.4 Å². The number of amides is 1. The molecule has 1 aliphatic heterocycles. The van der Waals surface area contributed by atoms with Gasteiger partial charge in [-0.25, -0.2) is 0 Å². The Labute approximate surface area is 112 Å². The summed E-state index contributed by atoms with van der Waals surface area (Å²) in [5, 5.41) is 0.587. The van der Waals surface area contributed by atoms with Gasteiger partial charge in [-0.1, -0.05) is 31.5 Å². The molecule has 0 N–H and O–H groups in total. The molecule has 0 spiro atoms. The average Bonchev–Trinajstić information content (AvgIpc) is 2.65. The van der Waals surface area contributed by atoms with Crippen LogP contribution in [0.3, 0.4) is 0 Å². The van der Waals surface area contributed by atoms with Gasteiger partial charge in [0.05, 0.1) is 13.0 Å². The Morgan fingerprint density at radius 2 is 2.22 bits per heavy atom. The highest BCUT2D eigenvalue weighted by atomic mass is 35.5. The summed E-state index contributed by atoms with van der Waals surface area (Å²) in [5.41, 5.74) is 1.73. The van der Waals surface area contributed by atoms with Gasteiger partial charge in [0.1, 0.15) is 0 Å². The fourth-order valence-electron chi connectivity index (χ4n) is 2.04. The van der Waals surface area contributed by atoms with Crippen LogP contribution < -0.4 is 4.90 Å². The number of halogens is 1. The molecule has 1 unspecified atom stereocenters. The van der Waals surface area contributed by atoms with Gasteiger partial charge in [0.15, 0.2) is 5.78 Å². The van der Waals surface area contributed by atoms with Crippen LogP contribution in [0.25, 0.3) is 0 Å². The fourth-order valence-corrected chi connectivity index (χ4v) is 2.21. The van der Waals surface area contributed by atoms with Crippen molar-refractivity contribution >= 4 is 29.0 Å². The Kier molecular flexibility index (Phi) is 3.71. The molecule has 1 aromatic carbocycles. The number of hydrogen-bond acceptors (Lipinski definition) is 2. The number of fused-ring (bicyclic) bond motifs is 1. The lowest BCUT2D eigenvalue weighted by molar-refractivity contribution is -0.124. The number of ketones is 1. The fraction of sp³-hybridized carbons (Fsp3) is 0.429. The molecule has 1 amide bonds. The quantitative estimate of drug-likeness (QED) is 0.840. The summed E-state index contributed by atoms with van der Waals surface area (Å²) in [6, 6.07) is 5.38. The van der Waals surface area contributed by atoms with E-state index in [9.17, 15) is 9.59 Å². The number of carbonyl (C=O) groups is 2. The van der Waals surface area contributed by atoms with Crippen molar-refractivity contribution < 1.29 is 9.59 Å². The third-order valence-corrected chi connectivity index (χ3v) is 3.69. The van der Waals surface area contributed by atoms with Crippen LogP contribution in [0.4, 0.5) is 5.69 Å². The summed E-state index contributed by atoms with van der Waals surface area (Å²) in [6.45, 7) is 4.02. The van der Waals surface area contributed by atoms with Crippen LogP contribution in [0, 0.1) is 5.92 Å². The number of benzene rings is 1. The second kappa shape index (κ2) is 5.11. The largest absolute Gasteiger partial charge is 0.304 e. The topological polar surface area (TPSA) is 37.4 Å². The third-order valence-electron chi connectivity index (χ3n) is 3.46. The second-order valence-electron chi connectivity index (χ2n) is 4.71. The van der Waals surface area contributed by atoms with Crippen LogP contribution in [0.5, 0.6) is 0 Å². The van der Waals surface area contributed by atoms with Gasteiger partial charge in [-0.3, -0.25) is 9.59 Å². The summed E-state index contributed by atoms with van der Waals surface area (Å²) in [7, 11) is 0. The lowest BCUT2D eigenvalue weighted by atomic mass is 10.0. The molecular weight excluding hydrogens is 250 g/mol. The van der Waals surface area contributed by atoms with Gasteiger partial charge in [-0.15, -0.1) is 0 Å². The molecule has 1 aliphatic rings. The van der Waals surface area contributed by atoms with E-state index in [1.54, 1.807) is 17.0 Å². The molecule has 18 heavy (non-hydrogen) atoms. The summed E-state index contributed by atoms with van der Waals surface area (Å²) in [5.74, 6) is 0.0589. The van der Waals surface area contributed by atoms with E-state index in [4.69, 9.17) is 11.6 Å². The highest BCUT2D eigenvalue weighted by Gasteiger charge is 2.29. The normalized spacial score (nSPS) is 15.7. The van der Waals surface area contributed by atoms with Gasteiger partial charge < -0.3 is 4.90 Å². The SMILES string of the molecule is CCC(C)C(=O)CN1C(=O)Cc2ccc(Cl)cc21. The smallest absolute Gasteiger partial charge is 0.231 e. The zero-order valence-corrected chi connectivity index (χ0v) is 11.3. The molecule has 0 bridgehead atoms. The standard InChI is InChI=1S/C14H16ClNO2/c1-3-9(2)13(17)8-16-12-7-11(15)5-4-10(12)6-14(16)18/h4-5,7,9H,3,6,8H2,1-2H3. The molecule has 0 aliphatic carbocycles. The first kappa shape index (κ1) is 13.1. The minimum atomic E-state index is -0.0241. The van der Waals surface area contributed by atoms with Crippen molar-refractivity contribution in [2.75, 3.05) is 11.4 Å². The Bertz CT molecular complexity index is 499. The van der Waals surface area contributed by atoms with E-state index in [1.807, 2.05) is 19.9 Å². The molecule has 0 saturated heterocycles. The van der Waals surface area contributed by atoms with Gasteiger partial charge in [-0.2, -0.15) is 0 Å². The summed E-state index contributed by atoms with van der Waals surface area (Å²) in [4.78, 5) is 25.4. The van der Waals surface area contributed by atoms with Gasteiger partial charge in [0.25, 0.3) is 0 Å². The van der Waals surface area contributed by atoms with Gasteiger partial charge in [0.2, 0.25) is 5.91 Å². The number of rotatable bonds is 4. The first-order valence-corrected chi connectivity index (χ1v) is 6.52. The van der Waals surface area contributed by atoms with Crippen LogP contribution in [0.1, 0.15) is 25.8 Å². The van der Waals surface area contributed by atoms with Crippen molar-refractivity contribution in [3.8, 4) is 0 Å². The van der Waals surface area contributed by atoms with Crippen molar-refractivity contribution in [2.24, 2.45) is 5.92 Å². The van der Waals surface area contributed by atoms with Crippen LogP contribution in [0.15, 0.2) is 18.2 Å². The van der Waals surface area contributed by atoms with Crippen LogP contribution in [0.2, 0.25) is 5.02 Å². The molecule has 1 heterocycles. The number of carbonyl (C=O) groups excluding carboxylic acids is 2. The van der Waals surface area contributed by atoms with Crippen molar-refractivity contribution in [3.63, 3.8) is 0 Å². The molecular formula is C14H16ClNO2. The zero-order chi connectivity index (χ0) is 13.3. The second-order valence-corrected chi connectivity index (χ2v) is 5.14. The summed E-state index contributed by atoms with van der Waals surface area (Å²) >= 11 is 5.94. The maximum atomic E-state index is 11.9. The van der Waals surface area contributed by atoms with Crippen molar-refractivity contribution in [1.82, 2.24) is 0 Å². The minimum Gasteiger partial charge on any atom is -0.304 e. The van der Waals surface area contributed by atoms with Crippen molar-refractivity contribution in [3.05, 3.63) is 28.8 Å². The van der Waals surface area contributed by atoms with Crippen molar-refractivity contribution in [2.45, 2.75) is 26.7 Å². The van der Waals surface area contributed by atoms with E-state index in [-0.39, 0.29) is 24.2 Å². The summed E-state index contributed by atoms with van der Waals surface area (Å²) < 4.78 is 0. The van der Waals surface area contributed by atoms with Gasteiger partial charge >= 0.3 is 0 Å². The molecule has 1 aromatic rings. The molecule has 2 rings (SSSR count). The lowest BCUT2D eigenvalue weighted by Crippen LogP contribution is -2.34. The maximum absolute atomic E-state index is 11.9. The van der Waals surface area contributed by atoms with E-state index < -0.39 is 0 Å². The Hall–Kier alpha value is -1.35. The third kappa shape index (κ3) is 2.41. The van der Waals surface area contributed by atoms with Crippen molar-refractivity contribution in [1.29, 1.82) is 0 Å². The molecule has 3 nitrogen and oxygen atoms in total. The van der Waals surface area contributed by atoms with E-state index in [1.165, 1.54) is 0 Å². The summed E-state index contributed by atoms with van der Waals surface area (Å²) in [6.07, 6.45) is 1.16.